The lowest BCUT2D eigenvalue weighted by molar-refractivity contribution is 0.623. The predicted molar refractivity (Wildman–Crippen MR) is 43.9 cm³/mol. The molecule has 0 unspecified atom stereocenters. The molecule has 0 amide bonds. The van der Waals surface area contributed by atoms with Gasteiger partial charge in [0.05, 0.1) is 11.6 Å². The van der Waals surface area contributed by atoms with Crippen LogP contribution in [0.4, 0.5) is 4.39 Å². The van der Waals surface area contributed by atoms with Gasteiger partial charge in [0.1, 0.15) is 5.82 Å². The lowest BCUT2D eigenvalue weighted by Gasteiger charge is -1.99. The Morgan fingerprint density at radius 2 is 2.25 bits per heavy atom. The highest BCUT2D eigenvalue weighted by Gasteiger charge is 1.98. The molecule has 0 atom stereocenters. The zero-order valence-corrected chi connectivity index (χ0v) is 6.76. The van der Waals surface area contributed by atoms with Crippen LogP contribution in [0.25, 0.3) is 0 Å². The van der Waals surface area contributed by atoms with Gasteiger partial charge in [-0.2, -0.15) is 5.26 Å². The zero-order chi connectivity index (χ0) is 8.97. The van der Waals surface area contributed by atoms with E-state index in [4.69, 9.17) is 5.26 Å². The number of hydrogen-bond donors (Lipinski definition) is 1. The van der Waals surface area contributed by atoms with Crippen LogP contribution in [0.3, 0.4) is 0 Å². The molecule has 0 fully saturated rings. The molecule has 3 heteroatoms. The summed E-state index contributed by atoms with van der Waals surface area (Å²) in [6.45, 7) is 0.576. The van der Waals surface area contributed by atoms with Crippen molar-refractivity contribution >= 4 is 0 Å². The van der Waals surface area contributed by atoms with Crippen LogP contribution in [0.2, 0.25) is 0 Å². The highest BCUT2D eigenvalue weighted by atomic mass is 19.1. The summed E-state index contributed by atoms with van der Waals surface area (Å²) < 4.78 is 12.8. The van der Waals surface area contributed by atoms with Crippen LogP contribution < -0.4 is 5.32 Å². The van der Waals surface area contributed by atoms with Gasteiger partial charge in [-0.05, 0) is 30.8 Å². The normalized spacial score (nSPS) is 9.42. The number of nitrogens with zero attached hydrogens (tertiary/aromatic N) is 1. The summed E-state index contributed by atoms with van der Waals surface area (Å²) in [4.78, 5) is 0. The Balaban J connectivity index is 3.00. The van der Waals surface area contributed by atoms with Gasteiger partial charge in [0.2, 0.25) is 0 Å². The Hall–Kier alpha value is -1.40. The number of nitrogens with one attached hydrogen (secondary N) is 1. The molecule has 0 radical (unpaired) electrons. The number of rotatable bonds is 2. The van der Waals surface area contributed by atoms with Crippen LogP contribution in [-0.2, 0) is 6.54 Å². The number of nitriles is 1. The molecule has 0 heterocycles. The monoisotopic (exact) mass is 164 g/mol. The number of halogens is 1. The van der Waals surface area contributed by atoms with E-state index in [2.05, 4.69) is 5.32 Å². The molecule has 0 saturated heterocycles. The molecule has 1 N–H and O–H groups in total. The van der Waals surface area contributed by atoms with Gasteiger partial charge >= 0.3 is 0 Å². The summed E-state index contributed by atoms with van der Waals surface area (Å²) in [5.41, 5.74) is 1.15. The third kappa shape index (κ3) is 2.04. The lowest BCUT2D eigenvalue weighted by atomic mass is 10.1. The second-order valence-electron chi connectivity index (χ2n) is 2.49. The zero-order valence-electron chi connectivity index (χ0n) is 6.76. The maximum Gasteiger partial charge on any atom is 0.124 e. The first-order valence-corrected chi connectivity index (χ1v) is 3.60. The second-order valence-corrected chi connectivity index (χ2v) is 2.49. The van der Waals surface area contributed by atoms with Gasteiger partial charge < -0.3 is 5.32 Å². The Bertz CT molecular complexity index is 315. The summed E-state index contributed by atoms with van der Waals surface area (Å²) >= 11 is 0. The minimum atomic E-state index is -0.362. The Labute approximate surface area is 70.6 Å². The first-order valence-electron chi connectivity index (χ1n) is 3.60. The smallest absolute Gasteiger partial charge is 0.124 e. The highest BCUT2D eigenvalue weighted by Crippen LogP contribution is 2.07. The molecule has 0 spiro atoms. The molecule has 0 aliphatic rings. The van der Waals surface area contributed by atoms with Crippen molar-refractivity contribution < 1.29 is 4.39 Å². The highest BCUT2D eigenvalue weighted by molar-refractivity contribution is 5.33. The van der Waals surface area contributed by atoms with Crippen molar-refractivity contribution in [3.8, 4) is 6.07 Å². The Kier molecular flexibility index (Phi) is 2.78. The molecule has 62 valence electrons. The number of benzene rings is 1. The average Bonchev–Trinajstić information content (AvgIpc) is 2.04. The van der Waals surface area contributed by atoms with Crippen LogP contribution in [-0.4, -0.2) is 7.05 Å². The SMILES string of the molecule is CNCc1cc(F)cc(C#N)c1. The maximum atomic E-state index is 12.8. The van der Waals surface area contributed by atoms with Crippen molar-refractivity contribution in [3.05, 3.63) is 35.1 Å². The summed E-state index contributed by atoms with van der Waals surface area (Å²) in [6.07, 6.45) is 0. The Morgan fingerprint density at radius 3 is 2.83 bits per heavy atom. The Morgan fingerprint density at radius 1 is 1.50 bits per heavy atom. The molecular formula is C9H9FN2. The van der Waals surface area contributed by atoms with E-state index >= 15 is 0 Å². The molecule has 0 aliphatic carbocycles. The molecular weight excluding hydrogens is 155 g/mol. The molecule has 2 nitrogen and oxygen atoms in total. The van der Waals surface area contributed by atoms with Gasteiger partial charge in [0.15, 0.2) is 0 Å². The fourth-order valence-corrected chi connectivity index (χ4v) is 1.02. The first kappa shape index (κ1) is 8.69. The minimum Gasteiger partial charge on any atom is -0.316 e. The third-order valence-corrected chi connectivity index (χ3v) is 1.47. The van der Waals surface area contributed by atoms with Gasteiger partial charge in [-0.25, -0.2) is 4.39 Å². The topological polar surface area (TPSA) is 35.8 Å². The van der Waals surface area contributed by atoms with E-state index in [0.717, 1.165) is 5.56 Å². The molecule has 1 aromatic carbocycles. The molecule has 0 aliphatic heterocycles. The van der Waals surface area contributed by atoms with Crippen LogP contribution in [0.15, 0.2) is 18.2 Å². The van der Waals surface area contributed by atoms with Gasteiger partial charge in [0, 0.05) is 6.54 Å². The van der Waals surface area contributed by atoms with Crippen molar-refractivity contribution in [2.45, 2.75) is 6.54 Å². The second kappa shape index (κ2) is 3.84. The van der Waals surface area contributed by atoms with Gasteiger partial charge in [-0.1, -0.05) is 0 Å². The van der Waals surface area contributed by atoms with Crippen LogP contribution in [0.1, 0.15) is 11.1 Å². The number of hydrogen-bond acceptors (Lipinski definition) is 2. The van der Waals surface area contributed by atoms with E-state index in [1.807, 2.05) is 6.07 Å². The van der Waals surface area contributed by atoms with E-state index in [-0.39, 0.29) is 5.82 Å². The van der Waals surface area contributed by atoms with Crippen molar-refractivity contribution in [2.24, 2.45) is 0 Å². The van der Waals surface area contributed by atoms with Crippen molar-refractivity contribution in [1.82, 2.24) is 5.32 Å². The van der Waals surface area contributed by atoms with E-state index in [0.29, 0.717) is 12.1 Å². The molecule has 0 aromatic heterocycles. The van der Waals surface area contributed by atoms with Gasteiger partial charge in [-0.15, -0.1) is 0 Å². The van der Waals surface area contributed by atoms with E-state index in [1.165, 1.54) is 12.1 Å². The fourth-order valence-electron chi connectivity index (χ4n) is 1.02. The van der Waals surface area contributed by atoms with Crippen molar-refractivity contribution in [2.75, 3.05) is 7.05 Å². The van der Waals surface area contributed by atoms with E-state index in [1.54, 1.807) is 13.1 Å². The van der Waals surface area contributed by atoms with Crippen molar-refractivity contribution in [1.29, 1.82) is 5.26 Å². The molecule has 1 aromatic rings. The van der Waals surface area contributed by atoms with Crippen LogP contribution >= 0.6 is 0 Å². The van der Waals surface area contributed by atoms with Gasteiger partial charge in [-0.3, -0.25) is 0 Å². The summed E-state index contributed by atoms with van der Waals surface area (Å²) in [7, 11) is 1.77. The summed E-state index contributed by atoms with van der Waals surface area (Å²) in [6, 6.07) is 6.20. The van der Waals surface area contributed by atoms with E-state index in [9.17, 15) is 4.39 Å². The van der Waals surface area contributed by atoms with E-state index < -0.39 is 0 Å². The molecule has 0 saturated carbocycles. The first-order chi connectivity index (χ1) is 5.76. The largest absolute Gasteiger partial charge is 0.316 e. The lowest BCUT2D eigenvalue weighted by Crippen LogP contribution is -2.05. The molecule has 1 rings (SSSR count). The third-order valence-electron chi connectivity index (χ3n) is 1.47. The standard InChI is InChI=1S/C9H9FN2/c1-12-6-8-2-7(5-11)3-9(10)4-8/h2-4,12H,6H2,1H3. The molecule has 0 bridgehead atoms. The minimum absolute atomic E-state index is 0.361. The summed E-state index contributed by atoms with van der Waals surface area (Å²) in [5, 5.41) is 11.4. The molecule has 12 heavy (non-hydrogen) atoms. The van der Waals surface area contributed by atoms with Crippen LogP contribution in [0, 0.1) is 17.1 Å². The van der Waals surface area contributed by atoms with Crippen molar-refractivity contribution in [3.63, 3.8) is 0 Å². The average molecular weight is 164 g/mol. The van der Waals surface area contributed by atoms with Gasteiger partial charge in [0.25, 0.3) is 0 Å². The quantitative estimate of drug-likeness (QED) is 0.717. The fraction of sp³-hybridized carbons (Fsp3) is 0.222. The summed E-state index contributed by atoms with van der Waals surface area (Å²) in [5.74, 6) is -0.362. The maximum absolute atomic E-state index is 12.8. The predicted octanol–water partition coefficient (Wildman–Crippen LogP) is 1.42. The van der Waals surface area contributed by atoms with Crippen LogP contribution in [0.5, 0.6) is 0 Å².